The molecule has 0 aliphatic heterocycles. The number of unbranched alkanes of at least 4 members (excludes halogenated alkanes) is 1. The highest BCUT2D eigenvalue weighted by atomic mass is 16.2. The van der Waals surface area contributed by atoms with Crippen LogP contribution in [0.3, 0.4) is 0 Å². The summed E-state index contributed by atoms with van der Waals surface area (Å²) in [5.41, 5.74) is 5.11. The summed E-state index contributed by atoms with van der Waals surface area (Å²) >= 11 is 0. The Kier molecular flexibility index (Phi) is 7.41. The molecule has 104 valence electrons. The van der Waals surface area contributed by atoms with Crippen LogP contribution in [0.4, 0.5) is 0 Å². The molecule has 0 atom stereocenters. The Morgan fingerprint density at radius 3 is 2.44 bits per heavy atom. The number of rotatable bonds is 8. The zero-order valence-electron chi connectivity index (χ0n) is 11.0. The van der Waals surface area contributed by atoms with Crippen LogP contribution in [-0.2, 0) is 9.59 Å². The van der Waals surface area contributed by atoms with Crippen LogP contribution >= 0.6 is 0 Å². The predicted molar refractivity (Wildman–Crippen MR) is 70.9 cm³/mol. The zero-order chi connectivity index (χ0) is 13.2. The van der Waals surface area contributed by atoms with Gasteiger partial charge in [-0.15, -0.1) is 0 Å². The van der Waals surface area contributed by atoms with Gasteiger partial charge in [0.2, 0.25) is 11.8 Å². The largest absolute Gasteiger partial charge is 0.355 e. The van der Waals surface area contributed by atoms with Crippen LogP contribution in [0.25, 0.3) is 0 Å². The molecule has 0 heterocycles. The van der Waals surface area contributed by atoms with Crippen molar-refractivity contribution < 1.29 is 9.59 Å². The van der Waals surface area contributed by atoms with Crippen molar-refractivity contribution in [2.75, 3.05) is 19.6 Å². The van der Waals surface area contributed by atoms with Crippen molar-refractivity contribution in [2.24, 2.45) is 11.7 Å². The van der Waals surface area contributed by atoms with E-state index in [0.29, 0.717) is 6.54 Å². The molecule has 5 heteroatoms. The third-order valence-electron chi connectivity index (χ3n) is 3.47. The van der Waals surface area contributed by atoms with E-state index in [1.54, 1.807) is 0 Å². The molecule has 1 rings (SSSR count). The summed E-state index contributed by atoms with van der Waals surface area (Å²) in [7, 11) is 0. The van der Waals surface area contributed by atoms with Gasteiger partial charge in [-0.3, -0.25) is 9.59 Å². The average molecular weight is 255 g/mol. The third kappa shape index (κ3) is 6.59. The van der Waals surface area contributed by atoms with Crippen LogP contribution in [-0.4, -0.2) is 31.4 Å². The van der Waals surface area contributed by atoms with Crippen LogP contribution in [0.5, 0.6) is 0 Å². The van der Waals surface area contributed by atoms with Gasteiger partial charge in [-0.25, -0.2) is 0 Å². The lowest BCUT2D eigenvalue weighted by atomic mass is 10.0. The number of amides is 2. The fourth-order valence-electron chi connectivity index (χ4n) is 2.40. The van der Waals surface area contributed by atoms with E-state index in [1.807, 2.05) is 0 Å². The van der Waals surface area contributed by atoms with Crippen molar-refractivity contribution in [1.29, 1.82) is 0 Å². The van der Waals surface area contributed by atoms with Gasteiger partial charge in [0.05, 0.1) is 13.1 Å². The van der Waals surface area contributed by atoms with Crippen LogP contribution in [0.15, 0.2) is 0 Å². The van der Waals surface area contributed by atoms with Crippen molar-refractivity contribution in [1.82, 2.24) is 10.6 Å². The highest BCUT2D eigenvalue weighted by Gasteiger charge is 2.13. The lowest BCUT2D eigenvalue weighted by Crippen LogP contribution is -2.39. The monoisotopic (exact) mass is 255 g/mol. The van der Waals surface area contributed by atoms with Crippen molar-refractivity contribution in [2.45, 2.75) is 44.9 Å². The highest BCUT2D eigenvalue weighted by Crippen LogP contribution is 2.28. The molecule has 0 aromatic carbocycles. The Morgan fingerprint density at radius 1 is 1.06 bits per heavy atom. The minimum Gasteiger partial charge on any atom is -0.355 e. The molecule has 1 fully saturated rings. The molecule has 1 saturated carbocycles. The van der Waals surface area contributed by atoms with Crippen molar-refractivity contribution >= 4 is 11.8 Å². The molecule has 0 aromatic heterocycles. The molecule has 18 heavy (non-hydrogen) atoms. The summed E-state index contributed by atoms with van der Waals surface area (Å²) in [6.45, 7) is 0.650. The molecule has 1 aliphatic rings. The molecule has 0 aromatic rings. The van der Waals surface area contributed by atoms with E-state index in [4.69, 9.17) is 5.73 Å². The molecule has 0 radical (unpaired) electrons. The summed E-state index contributed by atoms with van der Waals surface area (Å²) in [4.78, 5) is 22.1. The van der Waals surface area contributed by atoms with Gasteiger partial charge in [0.25, 0.3) is 0 Å². The van der Waals surface area contributed by atoms with E-state index in [0.717, 1.165) is 12.3 Å². The number of carbonyl (C=O) groups is 2. The number of carbonyl (C=O) groups excluding carboxylic acids is 2. The van der Waals surface area contributed by atoms with Crippen molar-refractivity contribution in [3.05, 3.63) is 0 Å². The topological polar surface area (TPSA) is 84.2 Å². The quantitative estimate of drug-likeness (QED) is 0.553. The molecule has 4 N–H and O–H groups in total. The summed E-state index contributed by atoms with van der Waals surface area (Å²) in [6.07, 6.45) is 9.05. The summed E-state index contributed by atoms with van der Waals surface area (Å²) in [6, 6.07) is 0. The first kappa shape index (κ1) is 15.0. The van der Waals surface area contributed by atoms with Gasteiger partial charge in [-0.05, 0) is 12.3 Å². The van der Waals surface area contributed by atoms with E-state index in [1.165, 1.54) is 38.5 Å². The lowest BCUT2D eigenvalue weighted by molar-refractivity contribution is -0.125. The van der Waals surface area contributed by atoms with E-state index in [2.05, 4.69) is 10.6 Å². The maximum absolute atomic E-state index is 11.3. The van der Waals surface area contributed by atoms with Gasteiger partial charge < -0.3 is 16.4 Å². The fourth-order valence-corrected chi connectivity index (χ4v) is 2.40. The number of nitrogens with one attached hydrogen (secondary N) is 2. The average Bonchev–Trinajstić information content (AvgIpc) is 2.88. The first-order valence-electron chi connectivity index (χ1n) is 6.96. The standard InChI is InChI=1S/C13H25N3O2/c14-9-12(17)16-10-13(18)15-8-4-3-7-11-5-1-2-6-11/h11H,1-10,14H2,(H,15,18)(H,16,17). The second kappa shape index (κ2) is 8.91. The van der Waals surface area contributed by atoms with Gasteiger partial charge in [0.15, 0.2) is 0 Å². The summed E-state index contributed by atoms with van der Waals surface area (Å²) in [5.74, 6) is 0.480. The van der Waals surface area contributed by atoms with Gasteiger partial charge in [-0.2, -0.15) is 0 Å². The van der Waals surface area contributed by atoms with Crippen molar-refractivity contribution in [3.8, 4) is 0 Å². The Labute approximate surface area is 109 Å². The maximum atomic E-state index is 11.3. The molecular formula is C13H25N3O2. The number of hydrogen-bond acceptors (Lipinski definition) is 3. The van der Waals surface area contributed by atoms with E-state index in [-0.39, 0.29) is 24.9 Å². The zero-order valence-corrected chi connectivity index (χ0v) is 11.0. The van der Waals surface area contributed by atoms with Crippen LogP contribution < -0.4 is 16.4 Å². The summed E-state index contributed by atoms with van der Waals surface area (Å²) in [5, 5.41) is 5.23. The normalized spacial score (nSPS) is 15.6. The molecule has 0 bridgehead atoms. The maximum Gasteiger partial charge on any atom is 0.239 e. The minimum atomic E-state index is -0.300. The Morgan fingerprint density at radius 2 is 1.78 bits per heavy atom. The molecule has 0 spiro atoms. The van der Waals surface area contributed by atoms with E-state index >= 15 is 0 Å². The highest BCUT2D eigenvalue weighted by molar-refractivity contribution is 5.85. The van der Waals surface area contributed by atoms with Crippen LogP contribution in [0, 0.1) is 5.92 Å². The SMILES string of the molecule is NCC(=O)NCC(=O)NCCCCC1CCCC1. The second-order valence-corrected chi connectivity index (χ2v) is 4.98. The minimum absolute atomic E-state index is 0.0264. The predicted octanol–water partition coefficient (Wildman–Crippen LogP) is 0.538. The molecule has 0 saturated heterocycles. The van der Waals surface area contributed by atoms with E-state index < -0.39 is 0 Å². The molecule has 0 unspecified atom stereocenters. The number of nitrogens with two attached hydrogens (primary N) is 1. The second-order valence-electron chi connectivity index (χ2n) is 4.98. The van der Waals surface area contributed by atoms with E-state index in [9.17, 15) is 9.59 Å². The first-order valence-corrected chi connectivity index (χ1v) is 6.96. The first-order chi connectivity index (χ1) is 8.72. The summed E-state index contributed by atoms with van der Waals surface area (Å²) < 4.78 is 0. The molecular weight excluding hydrogens is 230 g/mol. The van der Waals surface area contributed by atoms with Gasteiger partial charge >= 0.3 is 0 Å². The molecule has 5 nitrogen and oxygen atoms in total. The molecule has 2 amide bonds. The third-order valence-corrected chi connectivity index (χ3v) is 3.47. The van der Waals surface area contributed by atoms with Gasteiger partial charge in [0, 0.05) is 6.54 Å². The smallest absolute Gasteiger partial charge is 0.239 e. The van der Waals surface area contributed by atoms with Gasteiger partial charge in [-0.1, -0.05) is 38.5 Å². The number of hydrogen-bond donors (Lipinski definition) is 3. The van der Waals surface area contributed by atoms with Crippen LogP contribution in [0.1, 0.15) is 44.9 Å². The lowest BCUT2D eigenvalue weighted by Gasteiger charge is -2.09. The van der Waals surface area contributed by atoms with Gasteiger partial charge in [0.1, 0.15) is 0 Å². The van der Waals surface area contributed by atoms with Crippen molar-refractivity contribution in [3.63, 3.8) is 0 Å². The molecule has 1 aliphatic carbocycles. The Hall–Kier alpha value is -1.10. The fraction of sp³-hybridized carbons (Fsp3) is 0.846. The Bertz CT molecular complexity index is 263. The van der Waals surface area contributed by atoms with Crippen LogP contribution in [0.2, 0.25) is 0 Å². The Balaban J connectivity index is 1.90.